The van der Waals surface area contributed by atoms with E-state index in [1.54, 1.807) is 29.4 Å². The van der Waals surface area contributed by atoms with Gasteiger partial charge in [-0.25, -0.2) is 0 Å². The molecule has 0 atom stereocenters. The minimum Gasteiger partial charge on any atom is -0.494 e. The number of hydrogen-bond donors (Lipinski definition) is 1. The van der Waals surface area contributed by atoms with Crippen LogP contribution in [-0.2, 0) is 16.1 Å². The number of carbonyl (C=O) groups is 2. The molecule has 0 radical (unpaired) electrons. The molecule has 1 aliphatic rings. The van der Waals surface area contributed by atoms with Crippen molar-refractivity contribution in [2.45, 2.75) is 17.8 Å². The maximum atomic E-state index is 12.6. The summed E-state index contributed by atoms with van der Waals surface area (Å²) in [6.07, 6.45) is 1.58. The Labute approximate surface area is 211 Å². The van der Waals surface area contributed by atoms with Crippen LogP contribution >= 0.6 is 23.1 Å². The first-order chi connectivity index (χ1) is 17.1. The van der Waals surface area contributed by atoms with Gasteiger partial charge >= 0.3 is 0 Å². The van der Waals surface area contributed by atoms with E-state index in [0.29, 0.717) is 50.8 Å². The third-order valence-corrected chi connectivity index (χ3v) is 7.28. The number of anilines is 1. The molecule has 3 aromatic rings. The van der Waals surface area contributed by atoms with Gasteiger partial charge in [0.05, 0.1) is 25.2 Å². The largest absolute Gasteiger partial charge is 0.494 e. The lowest BCUT2D eigenvalue weighted by Crippen LogP contribution is -2.50. The number of nitrogens with zero attached hydrogens (tertiary/aromatic N) is 4. The maximum absolute atomic E-state index is 12.6. The molecule has 0 saturated carbocycles. The first-order valence-corrected chi connectivity index (χ1v) is 13.0. The van der Waals surface area contributed by atoms with Crippen molar-refractivity contribution in [3.8, 4) is 11.5 Å². The van der Waals surface area contributed by atoms with Crippen molar-refractivity contribution in [1.82, 2.24) is 20.4 Å². The Morgan fingerprint density at radius 3 is 2.51 bits per heavy atom. The monoisotopic (exact) mass is 517 g/mol. The van der Waals surface area contributed by atoms with Crippen molar-refractivity contribution < 1.29 is 23.5 Å². The molecule has 0 aliphatic carbocycles. The SMILES string of the molecule is CCOc1ccc(OCC(=O)N2CCN(c3nnc(SCC(=O)NCc4ccco4)s3)CC2)cc1. The van der Waals surface area contributed by atoms with Gasteiger partial charge in [0.1, 0.15) is 17.3 Å². The van der Waals surface area contributed by atoms with Gasteiger partial charge in [-0.2, -0.15) is 0 Å². The molecule has 35 heavy (non-hydrogen) atoms. The van der Waals surface area contributed by atoms with Crippen LogP contribution in [0.2, 0.25) is 0 Å². The quantitative estimate of drug-likeness (QED) is 0.384. The van der Waals surface area contributed by atoms with Crippen LogP contribution in [0.25, 0.3) is 0 Å². The zero-order valence-corrected chi connectivity index (χ0v) is 21.0. The minimum absolute atomic E-state index is 0.00440. The van der Waals surface area contributed by atoms with E-state index in [0.717, 1.165) is 15.2 Å². The van der Waals surface area contributed by atoms with E-state index >= 15 is 0 Å². The smallest absolute Gasteiger partial charge is 0.260 e. The summed E-state index contributed by atoms with van der Waals surface area (Å²) in [6.45, 7) is 5.39. The Balaban J connectivity index is 1.16. The lowest BCUT2D eigenvalue weighted by Gasteiger charge is -2.34. The normalized spacial score (nSPS) is 13.5. The summed E-state index contributed by atoms with van der Waals surface area (Å²) in [6, 6.07) is 10.8. The molecule has 12 heteroatoms. The summed E-state index contributed by atoms with van der Waals surface area (Å²) in [5, 5.41) is 12.1. The van der Waals surface area contributed by atoms with Crippen LogP contribution in [0.5, 0.6) is 11.5 Å². The van der Waals surface area contributed by atoms with Crippen LogP contribution in [0.3, 0.4) is 0 Å². The molecule has 1 N–H and O–H groups in total. The van der Waals surface area contributed by atoms with Crippen molar-refractivity contribution in [1.29, 1.82) is 0 Å². The van der Waals surface area contributed by atoms with E-state index in [1.807, 2.05) is 25.1 Å². The molecule has 0 unspecified atom stereocenters. The Morgan fingerprint density at radius 1 is 1.09 bits per heavy atom. The summed E-state index contributed by atoms with van der Waals surface area (Å²) in [5.74, 6) is 2.23. The first kappa shape index (κ1) is 24.9. The molecule has 2 aromatic heterocycles. The van der Waals surface area contributed by atoms with Crippen LogP contribution in [0.4, 0.5) is 5.13 Å². The lowest BCUT2D eigenvalue weighted by atomic mass is 10.3. The van der Waals surface area contributed by atoms with Gasteiger partial charge < -0.3 is 29.0 Å². The predicted octanol–water partition coefficient (Wildman–Crippen LogP) is 2.67. The number of furan rings is 1. The molecule has 1 aromatic carbocycles. The van der Waals surface area contributed by atoms with Gasteiger partial charge in [-0.05, 0) is 43.3 Å². The molecule has 1 fully saturated rings. The number of benzene rings is 1. The second kappa shape index (κ2) is 12.5. The van der Waals surface area contributed by atoms with Gasteiger partial charge in [-0.15, -0.1) is 10.2 Å². The number of rotatable bonds is 11. The second-order valence-corrected chi connectivity index (χ2v) is 9.73. The summed E-state index contributed by atoms with van der Waals surface area (Å²) in [7, 11) is 0. The molecule has 1 saturated heterocycles. The number of aromatic nitrogens is 2. The van der Waals surface area contributed by atoms with Crippen LogP contribution in [0, 0.1) is 0 Å². The molecule has 3 heterocycles. The standard InChI is InChI=1S/C23H27N5O5S2/c1-2-31-17-5-7-18(8-6-17)33-15-21(30)27-9-11-28(12-10-27)22-25-26-23(35-22)34-16-20(29)24-14-19-4-3-13-32-19/h3-8,13H,2,9-12,14-16H2,1H3,(H,24,29). The Bertz CT molecular complexity index is 1080. The van der Waals surface area contributed by atoms with Crippen LogP contribution in [0.15, 0.2) is 51.4 Å². The summed E-state index contributed by atoms with van der Waals surface area (Å²) < 4.78 is 17.0. The van der Waals surface area contributed by atoms with E-state index in [9.17, 15) is 9.59 Å². The number of carbonyl (C=O) groups excluding carboxylic acids is 2. The van der Waals surface area contributed by atoms with Crippen molar-refractivity contribution >= 4 is 40.0 Å². The van der Waals surface area contributed by atoms with E-state index in [2.05, 4.69) is 20.4 Å². The van der Waals surface area contributed by atoms with Gasteiger partial charge in [-0.1, -0.05) is 23.1 Å². The Hall–Kier alpha value is -3.25. The van der Waals surface area contributed by atoms with E-state index in [4.69, 9.17) is 13.9 Å². The summed E-state index contributed by atoms with van der Waals surface area (Å²) in [5.41, 5.74) is 0. The molecule has 0 spiro atoms. The zero-order valence-electron chi connectivity index (χ0n) is 19.3. The highest BCUT2D eigenvalue weighted by molar-refractivity contribution is 8.01. The lowest BCUT2D eigenvalue weighted by molar-refractivity contribution is -0.133. The first-order valence-electron chi connectivity index (χ1n) is 11.2. The van der Waals surface area contributed by atoms with Crippen LogP contribution in [-0.4, -0.2) is 72.1 Å². The molecule has 186 valence electrons. The van der Waals surface area contributed by atoms with Gasteiger partial charge in [0.2, 0.25) is 11.0 Å². The number of amides is 2. The van der Waals surface area contributed by atoms with Gasteiger partial charge in [0.15, 0.2) is 10.9 Å². The average Bonchev–Trinajstić information content (AvgIpc) is 3.58. The van der Waals surface area contributed by atoms with Crippen molar-refractivity contribution in [3.05, 3.63) is 48.4 Å². The van der Waals surface area contributed by atoms with Crippen molar-refractivity contribution in [2.24, 2.45) is 0 Å². The fraction of sp³-hybridized carbons (Fsp3) is 0.391. The molecular formula is C23H27N5O5S2. The predicted molar refractivity (Wildman–Crippen MR) is 133 cm³/mol. The molecule has 0 bridgehead atoms. The van der Waals surface area contributed by atoms with Crippen molar-refractivity contribution in [2.75, 3.05) is 50.0 Å². The number of piperazine rings is 1. The summed E-state index contributed by atoms with van der Waals surface area (Å²) in [4.78, 5) is 28.5. The highest BCUT2D eigenvalue weighted by Gasteiger charge is 2.24. The van der Waals surface area contributed by atoms with Gasteiger partial charge in [0, 0.05) is 26.2 Å². The minimum atomic E-state index is -0.0947. The molecule has 1 aliphatic heterocycles. The third kappa shape index (κ3) is 7.36. The maximum Gasteiger partial charge on any atom is 0.260 e. The van der Waals surface area contributed by atoms with Crippen molar-refractivity contribution in [3.63, 3.8) is 0 Å². The third-order valence-electron chi connectivity index (χ3n) is 5.16. The van der Waals surface area contributed by atoms with Crippen LogP contribution in [0.1, 0.15) is 12.7 Å². The molecule has 2 amide bonds. The highest BCUT2D eigenvalue weighted by Crippen LogP contribution is 2.28. The van der Waals surface area contributed by atoms with E-state index in [1.165, 1.54) is 23.1 Å². The van der Waals surface area contributed by atoms with Gasteiger partial charge in [-0.3, -0.25) is 9.59 Å². The molecular weight excluding hydrogens is 490 g/mol. The Morgan fingerprint density at radius 2 is 1.83 bits per heavy atom. The topological polar surface area (TPSA) is 110 Å². The van der Waals surface area contributed by atoms with Crippen LogP contribution < -0.4 is 19.7 Å². The zero-order chi connectivity index (χ0) is 24.5. The number of thioether (sulfide) groups is 1. The fourth-order valence-corrected chi connectivity index (χ4v) is 5.07. The number of hydrogen-bond acceptors (Lipinski definition) is 10. The van der Waals surface area contributed by atoms with E-state index in [-0.39, 0.29) is 24.2 Å². The summed E-state index contributed by atoms with van der Waals surface area (Å²) >= 11 is 2.80. The van der Waals surface area contributed by atoms with Gasteiger partial charge in [0.25, 0.3) is 5.91 Å². The molecule has 4 rings (SSSR count). The second-order valence-electron chi connectivity index (χ2n) is 7.56. The average molecular weight is 518 g/mol. The molecule has 10 nitrogen and oxygen atoms in total. The number of nitrogens with one attached hydrogen (secondary N) is 1. The van der Waals surface area contributed by atoms with E-state index < -0.39 is 0 Å². The number of ether oxygens (including phenoxy) is 2. The fourth-order valence-electron chi connectivity index (χ4n) is 3.35. The highest BCUT2D eigenvalue weighted by atomic mass is 32.2. The Kier molecular flexibility index (Phi) is 8.85.